The summed E-state index contributed by atoms with van der Waals surface area (Å²) in [5, 5.41) is 14.4. The number of aromatic nitrogens is 5. The van der Waals surface area contributed by atoms with Crippen LogP contribution >= 0.6 is 0 Å². The number of hydrogen-bond donors (Lipinski definition) is 0. The maximum Gasteiger partial charge on any atom is 0.207 e. The molecular formula is C25H23N5. The Hall–Kier alpha value is -3.73. The lowest BCUT2D eigenvalue weighted by atomic mass is 10.1. The van der Waals surface area contributed by atoms with Crippen LogP contribution in [0.1, 0.15) is 22.3 Å². The quantitative estimate of drug-likeness (QED) is 0.422. The van der Waals surface area contributed by atoms with Crippen molar-refractivity contribution < 1.29 is 0 Å². The second-order valence-corrected chi connectivity index (χ2v) is 7.80. The Morgan fingerprint density at radius 3 is 2.07 bits per heavy atom. The average Bonchev–Trinajstić information content (AvgIpc) is 3.36. The van der Waals surface area contributed by atoms with E-state index >= 15 is 0 Å². The Kier molecular flexibility index (Phi) is 4.64. The molecule has 0 saturated carbocycles. The number of para-hydroxylation sites is 1. The van der Waals surface area contributed by atoms with Crippen LogP contribution in [-0.4, -0.2) is 24.8 Å². The zero-order chi connectivity index (χ0) is 20.5. The van der Waals surface area contributed by atoms with Crippen molar-refractivity contribution >= 4 is 10.9 Å². The third kappa shape index (κ3) is 3.62. The van der Waals surface area contributed by atoms with E-state index in [1.165, 1.54) is 22.2 Å². The molecule has 5 nitrogen and oxygen atoms in total. The van der Waals surface area contributed by atoms with Crippen LogP contribution in [0.3, 0.4) is 0 Å². The lowest BCUT2D eigenvalue weighted by Crippen LogP contribution is -2.03. The standard InChI is InChI=1S/C25H23N5/c1-18-7-11-20(12-8-18)15-29-17-23(22-5-3-4-6-24(22)29)25-26-28-30(27-25)16-21-13-9-19(2)10-14-21/h3-14,17H,15-16H2,1-2H3. The molecule has 0 bridgehead atoms. The highest BCUT2D eigenvalue weighted by molar-refractivity contribution is 5.94. The highest BCUT2D eigenvalue weighted by atomic mass is 15.6. The average molecular weight is 393 g/mol. The van der Waals surface area contributed by atoms with Gasteiger partial charge in [-0.2, -0.15) is 4.80 Å². The molecule has 0 aliphatic carbocycles. The van der Waals surface area contributed by atoms with Crippen molar-refractivity contribution in [2.24, 2.45) is 0 Å². The topological polar surface area (TPSA) is 48.5 Å². The molecular weight excluding hydrogens is 370 g/mol. The van der Waals surface area contributed by atoms with E-state index in [2.05, 4.69) is 113 Å². The lowest BCUT2D eigenvalue weighted by Gasteiger charge is -2.05. The molecule has 0 aliphatic heterocycles. The molecule has 5 aromatic rings. The minimum absolute atomic E-state index is 0.606. The fraction of sp³-hybridized carbons (Fsp3) is 0.160. The van der Waals surface area contributed by atoms with Gasteiger partial charge in [0.15, 0.2) is 0 Å². The number of hydrogen-bond acceptors (Lipinski definition) is 3. The van der Waals surface area contributed by atoms with E-state index in [4.69, 9.17) is 0 Å². The van der Waals surface area contributed by atoms with Crippen LogP contribution in [0.5, 0.6) is 0 Å². The molecule has 30 heavy (non-hydrogen) atoms. The molecule has 0 unspecified atom stereocenters. The van der Waals surface area contributed by atoms with Gasteiger partial charge in [0.1, 0.15) is 0 Å². The fourth-order valence-electron chi connectivity index (χ4n) is 3.72. The van der Waals surface area contributed by atoms with E-state index in [1.807, 2.05) is 0 Å². The molecule has 0 N–H and O–H groups in total. The summed E-state index contributed by atoms with van der Waals surface area (Å²) in [7, 11) is 0. The van der Waals surface area contributed by atoms with Gasteiger partial charge in [-0.3, -0.25) is 0 Å². The third-order valence-electron chi connectivity index (χ3n) is 5.40. The van der Waals surface area contributed by atoms with Crippen molar-refractivity contribution in [2.75, 3.05) is 0 Å². The van der Waals surface area contributed by atoms with Crippen molar-refractivity contribution in [3.63, 3.8) is 0 Å². The van der Waals surface area contributed by atoms with E-state index in [1.54, 1.807) is 4.80 Å². The number of tetrazole rings is 1. The number of fused-ring (bicyclic) bond motifs is 1. The first-order chi connectivity index (χ1) is 14.7. The van der Waals surface area contributed by atoms with Crippen LogP contribution in [0.2, 0.25) is 0 Å². The van der Waals surface area contributed by atoms with E-state index in [0.717, 1.165) is 23.1 Å². The summed E-state index contributed by atoms with van der Waals surface area (Å²) in [6.07, 6.45) is 2.14. The molecule has 5 rings (SSSR count). The molecule has 0 spiro atoms. The predicted octanol–water partition coefficient (Wildman–Crippen LogP) is 5.01. The third-order valence-corrected chi connectivity index (χ3v) is 5.40. The predicted molar refractivity (Wildman–Crippen MR) is 119 cm³/mol. The van der Waals surface area contributed by atoms with Gasteiger partial charge in [0.25, 0.3) is 0 Å². The molecule has 2 aromatic heterocycles. The van der Waals surface area contributed by atoms with E-state index in [-0.39, 0.29) is 0 Å². The van der Waals surface area contributed by atoms with Gasteiger partial charge in [0.05, 0.1) is 6.54 Å². The summed E-state index contributed by atoms with van der Waals surface area (Å²) < 4.78 is 2.26. The van der Waals surface area contributed by atoms with Crippen molar-refractivity contribution in [1.82, 2.24) is 24.8 Å². The number of aryl methyl sites for hydroxylation is 2. The second-order valence-electron chi connectivity index (χ2n) is 7.80. The second kappa shape index (κ2) is 7.59. The van der Waals surface area contributed by atoms with Crippen LogP contribution in [0.4, 0.5) is 0 Å². The molecule has 0 amide bonds. The maximum atomic E-state index is 4.66. The van der Waals surface area contributed by atoms with Gasteiger partial charge >= 0.3 is 0 Å². The first kappa shape index (κ1) is 18.3. The lowest BCUT2D eigenvalue weighted by molar-refractivity contribution is 0.573. The van der Waals surface area contributed by atoms with E-state index < -0.39 is 0 Å². The Bertz CT molecular complexity index is 1290. The normalized spacial score (nSPS) is 11.3. The highest BCUT2D eigenvalue weighted by Crippen LogP contribution is 2.28. The molecule has 3 aromatic carbocycles. The largest absolute Gasteiger partial charge is 0.342 e. The van der Waals surface area contributed by atoms with Crippen LogP contribution < -0.4 is 0 Å². The first-order valence-corrected chi connectivity index (χ1v) is 10.1. The summed E-state index contributed by atoms with van der Waals surface area (Å²) in [4.78, 5) is 1.66. The Labute approximate surface area is 175 Å². The van der Waals surface area contributed by atoms with E-state index in [9.17, 15) is 0 Å². The summed E-state index contributed by atoms with van der Waals surface area (Å²) in [5.41, 5.74) is 7.12. The van der Waals surface area contributed by atoms with Crippen LogP contribution in [-0.2, 0) is 13.1 Å². The van der Waals surface area contributed by atoms with Gasteiger partial charge in [-0.15, -0.1) is 10.2 Å². The highest BCUT2D eigenvalue weighted by Gasteiger charge is 2.15. The molecule has 0 atom stereocenters. The van der Waals surface area contributed by atoms with Crippen molar-refractivity contribution in [2.45, 2.75) is 26.9 Å². The number of benzene rings is 3. The van der Waals surface area contributed by atoms with Gasteiger partial charge in [0.2, 0.25) is 5.82 Å². The van der Waals surface area contributed by atoms with Gasteiger partial charge in [0, 0.05) is 29.2 Å². The minimum Gasteiger partial charge on any atom is -0.342 e. The monoisotopic (exact) mass is 393 g/mol. The summed E-state index contributed by atoms with van der Waals surface area (Å²) in [6.45, 7) is 5.61. The summed E-state index contributed by atoms with van der Waals surface area (Å²) >= 11 is 0. The van der Waals surface area contributed by atoms with Gasteiger partial charge < -0.3 is 4.57 Å². The van der Waals surface area contributed by atoms with Crippen LogP contribution in [0, 0.1) is 13.8 Å². The fourth-order valence-corrected chi connectivity index (χ4v) is 3.72. The summed E-state index contributed by atoms with van der Waals surface area (Å²) in [6, 6.07) is 25.5. The van der Waals surface area contributed by atoms with Gasteiger partial charge in [-0.05, 0) is 36.3 Å². The molecule has 0 fully saturated rings. The number of rotatable bonds is 5. The molecule has 0 radical (unpaired) electrons. The molecule has 0 saturated heterocycles. The molecule has 2 heterocycles. The van der Waals surface area contributed by atoms with E-state index in [0.29, 0.717) is 12.4 Å². The van der Waals surface area contributed by atoms with Crippen molar-refractivity contribution in [1.29, 1.82) is 0 Å². The zero-order valence-corrected chi connectivity index (χ0v) is 17.2. The molecule has 5 heteroatoms. The first-order valence-electron chi connectivity index (χ1n) is 10.1. The maximum absolute atomic E-state index is 4.66. The zero-order valence-electron chi connectivity index (χ0n) is 17.2. The Balaban J connectivity index is 1.48. The Morgan fingerprint density at radius 2 is 1.37 bits per heavy atom. The molecule has 148 valence electrons. The number of nitrogens with zero attached hydrogens (tertiary/aromatic N) is 5. The minimum atomic E-state index is 0.606. The van der Waals surface area contributed by atoms with Crippen molar-refractivity contribution in [3.05, 3.63) is 101 Å². The Morgan fingerprint density at radius 1 is 0.733 bits per heavy atom. The SMILES string of the molecule is Cc1ccc(Cn2nnc(-c3cn(Cc4ccc(C)cc4)c4ccccc34)n2)cc1. The van der Waals surface area contributed by atoms with Crippen molar-refractivity contribution in [3.8, 4) is 11.4 Å². The smallest absolute Gasteiger partial charge is 0.207 e. The van der Waals surface area contributed by atoms with Gasteiger partial charge in [-0.1, -0.05) is 77.9 Å². The van der Waals surface area contributed by atoms with Crippen LogP contribution in [0.25, 0.3) is 22.3 Å². The molecule has 0 aliphatic rings. The van der Waals surface area contributed by atoms with Crippen LogP contribution in [0.15, 0.2) is 79.0 Å². The summed E-state index contributed by atoms with van der Waals surface area (Å²) in [5.74, 6) is 0.654. The van der Waals surface area contributed by atoms with Gasteiger partial charge in [-0.25, -0.2) is 0 Å².